The minimum absolute atomic E-state index is 0.139. The number of nitrogens with zero attached hydrogens (tertiary/aromatic N) is 2. The lowest BCUT2D eigenvalue weighted by molar-refractivity contribution is 0.167. The molecule has 0 bridgehead atoms. The zero-order valence-electron chi connectivity index (χ0n) is 14.2. The summed E-state index contributed by atoms with van der Waals surface area (Å²) in [6.45, 7) is 3.78. The molecule has 1 heterocycles. The van der Waals surface area contributed by atoms with Crippen molar-refractivity contribution >= 4 is 40.7 Å². The van der Waals surface area contributed by atoms with Crippen LogP contribution in [0.2, 0.25) is 5.02 Å². The first-order valence-corrected chi connectivity index (χ1v) is 8.31. The van der Waals surface area contributed by atoms with Gasteiger partial charge < -0.3 is 9.47 Å². The number of carbonyl (C=O) groups excluding carboxylic acids is 1. The highest BCUT2D eigenvalue weighted by molar-refractivity contribution is 6.31. The van der Waals surface area contributed by atoms with Crippen molar-refractivity contribution in [2.24, 2.45) is 0 Å². The van der Waals surface area contributed by atoms with E-state index in [0.29, 0.717) is 21.8 Å². The van der Waals surface area contributed by atoms with Crippen LogP contribution in [0.4, 0.5) is 10.7 Å². The number of rotatable bonds is 3. The number of halogens is 1. The van der Waals surface area contributed by atoms with Gasteiger partial charge >= 0.3 is 12.1 Å². The van der Waals surface area contributed by atoms with Gasteiger partial charge in [-0.25, -0.2) is 14.3 Å². The molecule has 0 atom stereocenters. The van der Waals surface area contributed by atoms with Gasteiger partial charge in [0.1, 0.15) is 5.75 Å². The van der Waals surface area contributed by atoms with E-state index in [-0.39, 0.29) is 18.6 Å². The Bertz CT molecular complexity index is 984. The fourth-order valence-electron chi connectivity index (χ4n) is 2.41. The van der Waals surface area contributed by atoms with Crippen LogP contribution in [0.3, 0.4) is 0 Å². The Morgan fingerprint density at radius 2 is 2.08 bits per heavy atom. The molecule has 0 radical (unpaired) electrons. The van der Waals surface area contributed by atoms with Gasteiger partial charge in [0, 0.05) is 5.02 Å². The number of fused-ring (bicyclic) bond motifs is 1. The van der Waals surface area contributed by atoms with Crippen LogP contribution in [0, 0.1) is 12.3 Å². The summed E-state index contributed by atoms with van der Waals surface area (Å²) in [6.07, 6.45) is -0.654. The van der Waals surface area contributed by atoms with Crippen molar-refractivity contribution in [2.75, 3.05) is 11.9 Å². The Morgan fingerprint density at radius 1 is 1.31 bits per heavy atom. The van der Waals surface area contributed by atoms with Crippen molar-refractivity contribution in [1.29, 1.82) is 5.41 Å². The van der Waals surface area contributed by atoms with Crippen molar-refractivity contribution in [3.8, 4) is 5.75 Å². The first kappa shape index (κ1) is 17.8. The highest BCUT2D eigenvalue weighted by Crippen LogP contribution is 2.24. The molecular formula is C18H17ClN4O3. The molecule has 0 saturated carbocycles. The van der Waals surface area contributed by atoms with Crippen LogP contribution in [-0.2, 0) is 4.74 Å². The van der Waals surface area contributed by atoms with E-state index in [1.54, 1.807) is 37.3 Å². The smallest absolute Gasteiger partial charge is 0.413 e. The zero-order valence-corrected chi connectivity index (χ0v) is 15.0. The van der Waals surface area contributed by atoms with Gasteiger partial charge in [-0.15, -0.1) is 0 Å². The summed E-state index contributed by atoms with van der Waals surface area (Å²) in [4.78, 5) is 16.1. The number of ether oxygens (including phenoxy) is 2. The Labute approximate surface area is 155 Å². The number of carbonyl (C=O) groups is 1. The number of aryl methyl sites for hydroxylation is 1. The normalized spacial score (nSPS) is 10.6. The molecule has 3 aromatic rings. The summed E-state index contributed by atoms with van der Waals surface area (Å²) in [5.74, 6) is 0.595. The average molecular weight is 373 g/mol. The molecule has 0 unspecified atom stereocenters. The van der Waals surface area contributed by atoms with Crippen LogP contribution in [0.25, 0.3) is 11.0 Å². The van der Waals surface area contributed by atoms with E-state index in [2.05, 4.69) is 10.3 Å². The van der Waals surface area contributed by atoms with Crippen molar-refractivity contribution in [1.82, 2.24) is 9.55 Å². The average Bonchev–Trinajstić information content (AvgIpc) is 2.96. The monoisotopic (exact) mass is 372 g/mol. The Hall–Kier alpha value is -3.06. The molecule has 3 rings (SSSR count). The lowest BCUT2D eigenvalue weighted by Gasteiger charge is -2.12. The lowest BCUT2D eigenvalue weighted by atomic mass is 10.2. The SMILES string of the molecule is CCOC(=O)Nc1nc2ccccc2n1C(=N)Oc1ccc(Cl)c(C)c1. The molecule has 0 saturated heterocycles. The van der Waals surface area contributed by atoms with E-state index >= 15 is 0 Å². The maximum absolute atomic E-state index is 11.8. The number of aromatic nitrogens is 2. The molecule has 0 fully saturated rings. The van der Waals surface area contributed by atoms with E-state index in [9.17, 15) is 4.79 Å². The van der Waals surface area contributed by atoms with Gasteiger partial charge in [-0.2, -0.15) is 0 Å². The van der Waals surface area contributed by atoms with E-state index in [4.69, 9.17) is 26.5 Å². The molecule has 0 aliphatic heterocycles. The second-order valence-electron chi connectivity index (χ2n) is 5.42. The molecule has 0 aliphatic rings. The molecule has 26 heavy (non-hydrogen) atoms. The maximum Gasteiger partial charge on any atom is 0.413 e. The quantitative estimate of drug-likeness (QED) is 0.525. The van der Waals surface area contributed by atoms with Gasteiger partial charge in [0.05, 0.1) is 17.6 Å². The third kappa shape index (κ3) is 3.62. The number of imidazole rings is 1. The van der Waals surface area contributed by atoms with Gasteiger partial charge in [-0.1, -0.05) is 23.7 Å². The molecule has 0 spiro atoms. The van der Waals surface area contributed by atoms with Crippen LogP contribution >= 0.6 is 11.6 Å². The topological polar surface area (TPSA) is 89.2 Å². The van der Waals surface area contributed by atoms with Crippen molar-refractivity contribution in [3.05, 3.63) is 53.1 Å². The van der Waals surface area contributed by atoms with Gasteiger partial charge in [0.2, 0.25) is 5.95 Å². The Kier molecular flexibility index (Phi) is 5.09. The van der Waals surface area contributed by atoms with Crippen molar-refractivity contribution in [3.63, 3.8) is 0 Å². The first-order valence-electron chi connectivity index (χ1n) is 7.93. The standard InChI is InChI=1S/C18H17ClN4O3/c1-3-25-18(24)22-17-21-14-6-4-5-7-15(14)23(17)16(20)26-12-8-9-13(19)11(2)10-12/h4-10,20H,3H2,1-2H3,(H,21,22,24). The number of hydrogen-bond donors (Lipinski definition) is 2. The number of amides is 1. The number of benzene rings is 2. The summed E-state index contributed by atoms with van der Waals surface area (Å²) >= 11 is 6.02. The predicted molar refractivity (Wildman–Crippen MR) is 100 cm³/mol. The molecule has 0 aliphatic carbocycles. The molecule has 1 amide bonds. The van der Waals surface area contributed by atoms with Gasteiger partial charge in [-0.3, -0.25) is 10.7 Å². The summed E-state index contributed by atoms with van der Waals surface area (Å²) in [6, 6.07) is 12.1. The van der Waals surface area contributed by atoms with E-state index in [1.165, 1.54) is 4.57 Å². The minimum atomic E-state index is -0.654. The first-order chi connectivity index (χ1) is 12.5. The van der Waals surface area contributed by atoms with Crippen LogP contribution in [0.15, 0.2) is 42.5 Å². The fourth-order valence-corrected chi connectivity index (χ4v) is 2.53. The number of hydrogen-bond acceptors (Lipinski definition) is 5. The largest absolute Gasteiger partial charge is 0.450 e. The summed E-state index contributed by atoms with van der Waals surface area (Å²) in [5.41, 5.74) is 2.06. The van der Waals surface area contributed by atoms with Crippen LogP contribution in [0.1, 0.15) is 12.5 Å². The summed E-state index contributed by atoms with van der Waals surface area (Å²) in [5, 5.41) is 11.5. The Morgan fingerprint density at radius 3 is 2.81 bits per heavy atom. The number of anilines is 1. The zero-order chi connectivity index (χ0) is 18.7. The third-order valence-corrected chi connectivity index (χ3v) is 4.02. The molecule has 2 N–H and O–H groups in total. The highest BCUT2D eigenvalue weighted by atomic mass is 35.5. The summed E-state index contributed by atoms with van der Waals surface area (Å²) < 4.78 is 11.9. The van der Waals surface area contributed by atoms with Gasteiger partial charge in [0.15, 0.2) is 0 Å². The minimum Gasteiger partial charge on any atom is -0.450 e. The van der Waals surface area contributed by atoms with Crippen LogP contribution in [0.5, 0.6) is 5.75 Å². The predicted octanol–water partition coefficient (Wildman–Crippen LogP) is 4.43. The molecule has 2 aromatic carbocycles. The summed E-state index contributed by atoms with van der Waals surface area (Å²) in [7, 11) is 0. The van der Waals surface area contributed by atoms with E-state index < -0.39 is 6.09 Å². The fraction of sp³-hybridized carbons (Fsp3) is 0.167. The lowest BCUT2D eigenvalue weighted by Crippen LogP contribution is -2.23. The molecule has 8 heteroatoms. The second-order valence-corrected chi connectivity index (χ2v) is 5.83. The van der Waals surface area contributed by atoms with Crippen LogP contribution < -0.4 is 10.1 Å². The number of para-hydroxylation sites is 2. The van der Waals surface area contributed by atoms with E-state index in [1.807, 2.05) is 19.1 Å². The van der Waals surface area contributed by atoms with Crippen molar-refractivity contribution < 1.29 is 14.3 Å². The second kappa shape index (κ2) is 7.45. The highest BCUT2D eigenvalue weighted by Gasteiger charge is 2.18. The van der Waals surface area contributed by atoms with Crippen LogP contribution in [-0.4, -0.2) is 28.3 Å². The molecule has 1 aromatic heterocycles. The molecule has 7 nitrogen and oxygen atoms in total. The van der Waals surface area contributed by atoms with Crippen molar-refractivity contribution in [2.45, 2.75) is 13.8 Å². The molecule has 134 valence electrons. The van der Waals surface area contributed by atoms with Gasteiger partial charge in [0.25, 0.3) is 0 Å². The Balaban J connectivity index is 1.97. The van der Waals surface area contributed by atoms with E-state index in [0.717, 1.165) is 5.56 Å². The maximum atomic E-state index is 11.8. The molecular weight excluding hydrogens is 356 g/mol. The number of nitrogens with one attached hydrogen (secondary N) is 2. The van der Waals surface area contributed by atoms with Gasteiger partial charge in [-0.05, 0) is 49.7 Å². The third-order valence-electron chi connectivity index (χ3n) is 3.60.